The maximum atomic E-state index is 14.2. The number of aromatic nitrogens is 2. The van der Waals surface area contributed by atoms with Gasteiger partial charge in [0.1, 0.15) is 18.2 Å². The average molecular weight is 601 g/mol. The van der Waals surface area contributed by atoms with Crippen molar-refractivity contribution in [1.82, 2.24) is 8.96 Å². The van der Waals surface area contributed by atoms with Crippen molar-refractivity contribution < 1.29 is 39.5 Å². The summed E-state index contributed by atoms with van der Waals surface area (Å²) in [6.45, 7) is -1.50. The Balaban J connectivity index is 1.94. The second-order valence-corrected chi connectivity index (χ2v) is 9.91. The molecule has 0 saturated carbocycles. The zero-order chi connectivity index (χ0) is 23.0. The average Bonchev–Trinajstić information content (AvgIpc) is 3.07. The molecule has 1 atom stereocenters. The quantitative estimate of drug-likeness (QED) is 0.280. The van der Waals surface area contributed by atoms with E-state index in [1.54, 1.807) is 21.2 Å². The zero-order valence-electron chi connectivity index (χ0n) is 15.3. The lowest BCUT2D eigenvalue weighted by atomic mass is 9.87. The first-order valence-electron chi connectivity index (χ1n) is 8.64. The van der Waals surface area contributed by atoms with E-state index in [1.807, 2.05) is 4.72 Å². The lowest BCUT2D eigenvalue weighted by Crippen LogP contribution is -2.29. The van der Waals surface area contributed by atoms with Crippen molar-refractivity contribution in [3.8, 4) is 5.75 Å². The van der Waals surface area contributed by atoms with Gasteiger partial charge < -0.3 is 4.74 Å². The lowest BCUT2D eigenvalue weighted by Gasteiger charge is -2.25. The SMILES string of the molecule is O=S(=O)(Nc1nc(F)c(OCCF)cc1F)c1cn(SI)c2c1CCC(C(F)(F)F)C2. The normalized spacial score (nSPS) is 16.8. The summed E-state index contributed by atoms with van der Waals surface area (Å²) in [5.41, 5.74) is 0.379. The summed E-state index contributed by atoms with van der Waals surface area (Å²) in [6, 6.07) is 0.519. The fourth-order valence-electron chi connectivity index (χ4n) is 3.20. The minimum absolute atomic E-state index is 0.153. The van der Waals surface area contributed by atoms with Gasteiger partial charge in [-0.2, -0.15) is 22.5 Å². The molecule has 3 rings (SSSR count). The highest BCUT2D eigenvalue weighted by atomic mass is 127. The van der Waals surface area contributed by atoms with Crippen molar-refractivity contribution in [2.75, 3.05) is 18.0 Å². The summed E-state index contributed by atoms with van der Waals surface area (Å²) in [5.74, 6) is -5.89. The molecule has 0 spiro atoms. The Bertz CT molecular complexity index is 1080. The number of pyridine rings is 1. The summed E-state index contributed by atoms with van der Waals surface area (Å²) in [7, 11) is -3.52. The first-order valence-corrected chi connectivity index (χ1v) is 13.4. The standard InChI is InChI=1S/C16H14F6IN3O3S2/c17-3-4-29-12-6-10(18)15(24-14(12)19)25-31(27,28)13-7-26(30-23)11-5-8(16(20,21)22)1-2-9(11)13/h6-8H,1-5H2,(H,24,25). The number of nitrogens with zero attached hydrogens (tertiary/aromatic N) is 2. The number of anilines is 1. The van der Waals surface area contributed by atoms with Crippen LogP contribution in [0.2, 0.25) is 0 Å². The predicted octanol–water partition coefficient (Wildman–Crippen LogP) is 4.82. The molecule has 2 aromatic heterocycles. The molecule has 0 fully saturated rings. The fourth-order valence-corrected chi connectivity index (χ4v) is 6.03. The van der Waals surface area contributed by atoms with Crippen molar-refractivity contribution in [2.24, 2.45) is 5.92 Å². The molecule has 1 N–H and O–H groups in total. The van der Waals surface area contributed by atoms with E-state index in [-0.39, 0.29) is 29.0 Å². The maximum absolute atomic E-state index is 14.2. The Kier molecular flexibility index (Phi) is 7.25. The van der Waals surface area contributed by atoms with E-state index in [1.165, 1.54) is 3.97 Å². The van der Waals surface area contributed by atoms with Crippen LogP contribution in [-0.2, 0) is 22.9 Å². The Morgan fingerprint density at radius 3 is 2.68 bits per heavy atom. The number of hydrogen-bond donors (Lipinski definition) is 1. The Hall–Kier alpha value is -1.36. The zero-order valence-corrected chi connectivity index (χ0v) is 19.1. The van der Waals surface area contributed by atoms with Crippen LogP contribution in [0.3, 0.4) is 0 Å². The number of ether oxygens (including phenoxy) is 1. The molecule has 0 amide bonds. The Morgan fingerprint density at radius 1 is 1.35 bits per heavy atom. The summed E-state index contributed by atoms with van der Waals surface area (Å²) < 4.78 is 113. The van der Waals surface area contributed by atoms with Gasteiger partial charge in [0.25, 0.3) is 16.0 Å². The first-order chi connectivity index (χ1) is 14.5. The number of hydrogen-bond acceptors (Lipinski definition) is 5. The van der Waals surface area contributed by atoms with E-state index in [0.29, 0.717) is 6.07 Å². The topological polar surface area (TPSA) is 73.2 Å². The highest BCUT2D eigenvalue weighted by Gasteiger charge is 2.43. The molecule has 31 heavy (non-hydrogen) atoms. The lowest BCUT2D eigenvalue weighted by molar-refractivity contribution is -0.177. The predicted molar refractivity (Wildman–Crippen MR) is 109 cm³/mol. The maximum Gasteiger partial charge on any atom is 0.392 e. The summed E-state index contributed by atoms with van der Waals surface area (Å²) in [6.07, 6.45) is -4.13. The molecule has 0 aromatic carbocycles. The van der Waals surface area contributed by atoms with E-state index < -0.39 is 65.2 Å². The third-order valence-corrected chi connectivity index (χ3v) is 7.76. The third-order valence-electron chi connectivity index (χ3n) is 4.62. The van der Waals surface area contributed by atoms with Gasteiger partial charge in [-0.15, -0.1) is 0 Å². The van der Waals surface area contributed by atoms with Crippen LogP contribution >= 0.6 is 30.3 Å². The number of fused-ring (bicyclic) bond motifs is 1. The minimum atomic E-state index is -4.50. The molecule has 172 valence electrons. The highest BCUT2D eigenvalue weighted by molar-refractivity contribution is 14.2. The second-order valence-electron chi connectivity index (χ2n) is 6.55. The molecule has 1 unspecified atom stereocenters. The van der Waals surface area contributed by atoms with E-state index in [2.05, 4.69) is 9.72 Å². The van der Waals surface area contributed by atoms with Gasteiger partial charge in [-0.05, 0) is 18.4 Å². The number of halogens is 7. The van der Waals surface area contributed by atoms with Crippen LogP contribution in [0.5, 0.6) is 5.75 Å². The van der Waals surface area contributed by atoms with Crippen LogP contribution in [0.25, 0.3) is 0 Å². The minimum Gasteiger partial charge on any atom is -0.486 e. The summed E-state index contributed by atoms with van der Waals surface area (Å²) in [5, 5.41) is 0. The van der Waals surface area contributed by atoms with E-state index in [9.17, 15) is 34.8 Å². The van der Waals surface area contributed by atoms with E-state index in [4.69, 9.17) is 0 Å². The van der Waals surface area contributed by atoms with Gasteiger partial charge in [-0.1, -0.05) is 0 Å². The fraction of sp³-hybridized carbons (Fsp3) is 0.438. The molecular formula is C16H14F6IN3O3S2. The monoisotopic (exact) mass is 601 g/mol. The molecule has 0 radical (unpaired) electrons. The molecular weight excluding hydrogens is 587 g/mol. The van der Waals surface area contributed by atoms with Gasteiger partial charge in [-0.3, -0.25) is 8.69 Å². The van der Waals surface area contributed by atoms with Crippen LogP contribution in [0.4, 0.5) is 32.2 Å². The highest BCUT2D eigenvalue weighted by Crippen LogP contribution is 2.41. The van der Waals surface area contributed by atoms with Crippen LogP contribution < -0.4 is 9.46 Å². The summed E-state index contributed by atoms with van der Waals surface area (Å²) >= 11 is 1.80. The smallest absolute Gasteiger partial charge is 0.392 e. The Labute approximate surface area is 189 Å². The number of nitrogens with one attached hydrogen (secondary N) is 1. The molecule has 1 aliphatic carbocycles. The van der Waals surface area contributed by atoms with Gasteiger partial charge in [0, 0.05) is 54.7 Å². The van der Waals surface area contributed by atoms with E-state index >= 15 is 0 Å². The molecule has 0 saturated heterocycles. The molecule has 6 nitrogen and oxygen atoms in total. The molecule has 2 heterocycles. The van der Waals surface area contributed by atoms with Gasteiger partial charge >= 0.3 is 6.18 Å². The van der Waals surface area contributed by atoms with Crippen LogP contribution in [-0.4, -0.2) is 36.8 Å². The number of alkyl halides is 4. The molecule has 1 aliphatic rings. The molecule has 0 aliphatic heterocycles. The molecule has 15 heteroatoms. The van der Waals surface area contributed by atoms with Crippen molar-refractivity contribution >= 4 is 46.2 Å². The Morgan fingerprint density at radius 2 is 2.06 bits per heavy atom. The second kappa shape index (κ2) is 9.25. The van der Waals surface area contributed by atoms with Gasteiger partial charge in [0.05, 0.1) is 5.92 Å². The molecule has 2 aromatic rings. The number of sulfonamides is 1. The van der Waals surface area contributed by atoms with Crippen LogP contribution in [0, 0.1) is 17.7 Å². The van der Waals surface area contributed by atoms with E-state index in [0.717, 1.165) is 15.3 Å². The third kappa shape index (κ3) is 5.18. The van der Waals surface area contributed by atoms with Crippen LogP contribution in [0.1, 0.15) is 17.7 Å². The first kappa shape index (κ1) is 24.3. The number of rotatable bonds is 7. The van der Waals surface area contributed by atoms with Crippen molar-refractivity contribution in [3.63, 3.8) is 0 Å². The van der Waals surface area contributed by atoms with Crippen LogP contribution in [0.15, 0.2) is 17.2 Å². The van der Waals surface area contributed by atoms with Gasteiger partial charge in [-0.25, -0.2) is 17.2 Å². The summed E-state index contributed by atoms with van der Waals surface area (Å²) in [4.78, 5) is 2.84. The molecule has 0 bridgehead atoms. The van der Waals surface area contributed by atoms with Crippen molar-refractivity contribution in [2.45, 2.75) is 30.3 Å². The largest absolute Gasteiger partial charge is 0.486 e. The van der Waals surface area contributed by atoms with Crippen molar-refractivity contribution in [3.05, 3.63) is 35.3 Å². The van der Waals surface area contributed by atoms with Gasteiger partial charge in [0.15, 0.2) is 17.4 Å². The van der Waals surface area contributed by atoms with Gasteiger partial charge in [0.2, 0.25) is 0 Å². The van der Waals surface area contributed by atoms with Crippen molar-refractivity contribution in [1.29, 1.82) is 0 Å².